The van der Waals surface area contributed by atoms with Gasteiger partial charge in [0.05, 0.1) is 12.1 Å². The monoisotopic (exact) mass is 296 g/mol. The van der Waals surface area contributed by atoms with Crippen molar-refractivity contribution in [2.45, 2.75) is 24.8 Å². The van der Waals surface area contributed by atoms with Gasteiger partial charge in [0, 0.05) is 6.54 Å². The summed E-state index contributed by atoms with van der Waals surface area (Å²) in [5, 5.41) is 3.24. The topological polar surface area (TPSA) is 41.6 Å². The summed E-state index contributed by atoms with van der Waals surface area (Å²) in [5.74, 6) is -1.75. The second-order valence-electron chi connectivity index (χ2n) is 5.53. The third-order valence-electron chi connectivity index (χ3n) is 4.38. The molecule has 0 saturated carbocycles. The molecule has 4 nitrogen and oxygen atoms in total. The summed E-state index contributed by atoms with van der Waals surface area (Å²) < 4.78 is 32.0. The molecule has 3 rings (SSSR count). The van der Waals surface area contributed by atoms with Gasteiger partial charge in [0.15, 0.2) is 11.6 Å². The number of carbonyl (C=O) groups is 1. The molecule has 0 spiro atoms. The lowest BCUT2D eigenvalue weighted by atomic mass is 9.79. The third-order valence-corrected chi connectivity index (χ3v) is 4.38. The number of hydrogen-bond donors (Lipinski definition) is 1. The summed E-state index contributed by atoms with van der Waals surface area (Å²) in [6.45, 7) is 2.45. The Kier molecular flexibility index (Phi) is 3.80. The fourth-order valence-electron chi connectivity index (χ4n) is 3.28. The number of nitrogens with one attached hydrogen (secondary N) is 1. The Labute approximate surface area is 122 Å². The quantitative estimate of drug-likeness (QED) is 0.911. The Balaban J connectivity index is 2.03. The van der Waals surface area contributed by atoms with Crippen LogP contribution in [0.3, 0.4) is 0 Å². The van der Waals surface area contributed by atoms with Crippen molar-refractivity contribution in [1.82, 2.24) is 10.2 Å². The van der Waals surface area contributed by atoms with Crippen LogP contribution in [0.2, 0.25) is 0 Å². The summed E-state index contributed by atoms with van der Waals surface area (Å²) in [4.78, 5) is 13.8. The highest BCUT2D eigenvalue weighted by Crippen LogP contribution is 2.39. The van der Waals surface area contributed by atoms with Gasteiger partial charge in [0.25, 0.3) is 0 Å². The van der Waals surface area contributed by atoms with Gasteiger partial charge in [0.1, 0.15) is 0 Å². The Hall–Kier alpha value is -1.69. The number of halogens is 2. The van der Waals surface area contributed by atoms with Crippen molar-refractivity contribution in [1.29, 1.82) is 0 Å². The fourth-order valence-corrected chi connectivity index (χ4v) is 3.28. The molecular weight excluding hydrogens is 278 g/mol. The molecule has 1 amide bonds. The Bertz CT molecular complexity index is 544. The summed E-state index contributed by atoms with van der Waals surface area (Å²) in [6.07, 6.45) is 1.71. The average Bonchev–Trinajstić information content (AvgIpc) is 2.51. The van der Waals surface area contributed by atoms with Crippen LogP contribution in [0.4, 0.5) is 13.6 Å². The van der Waals surface area contributed by atoms with Crippen molar-refractivity contribution in [3.63, 3.8) is 0 Å². The first kappa shape index (κ1) is 14.3. The number of hydrogen-bond acceptors (Lipinski definition) is 3. The van der Waals surface area contributed by atoms with Crippen LogP contribution >= 0.6 is 0 Å². The largest absolute Gasteiger partial charge is 0.449 e. The van der Waals surface area contributed by atoms with E-state index in [9.17, 15) is 13.6 Å². The van der Waals surface area contributed by atoms with Crippen LogP contribution in [-0.4, -0.2) is 37.2 Å². The van der Waals surface area contributed by atoms with Crippen LogP contribution in [0.5, 0.6) is 0 Å². The average molecular weight is 296 g/mol. The van der Waals surface area contributed by atoms with Crippen molar-refractivity contribution < 1.29 is 18.3 Å². The molecule has 0 aromatic heterocycles. The summed E-state index contributed by atoms with van der Waals surface area (Å²) in [5.41, 5.74) is 0.0267. The van der Waals surface area contributed by atoms with Gasteiger partial charge in [-0.1, -0.05) is 6.07 Å². The molecule has 0 atom stereocenters. The Morgan fingerprint density at radius 3 is 2.62 bits per heavy atom. The fraction of sp³-hybridized carbons (Fsp3) is 0.533. The van der Waals surface area contributed by atoms with E-state index in [2.05, 4.69) is 5.32 Å². The van der Waals surface area contributed by atoms with E-state index in [-0.39, 0.29) is 6.09 Å². The predicted molar refractivity (Wildman–Crippen MR) is 72.8 cm³/mol. The number of rotatable bonds is 2. The number of carbonyl (C=O) groups excluding carboxylic acids is 1. The summed E-state index contributed by atoms with van der Waals surface area (Å²) >= 11 is 0. The zero-order valence-electron chi connectivity index (χ0n) is 11.7. The van der Waals surface area contributed by atoms with Gasteiger partial charge in [-0.25, -0.2) is 13.6 Å². The normalized spacial score (nSPS) is 22.0. The van der Waals surface area contributed by atoms with Crippen LogP contribution < -0.4 is 5.32 Å². The van der Waals surface area contributed by atoms with Crippen molar-refractivity contribution in [3.8, 4) is 0 Å². The van der Waals surface area contributed by atoms with Crippen LogP contribution in [0.15, 0.2) is 18.2 Å². The first-order chi connectivity index (χ1) is 10.1. The minimum Gasteiger partial charge on any atom is -0.449 e. The third kappa shape index (κ3) is 2.48. The molecule has 1 aromatic rings. The van der Waals surface area contributed by atoms with E-state index in [4.69, 9.17) is 4.74 Å². The number of nitrogens with zero attached hydrogens (tertiary/aromatic N) is 1. The van der Waals surface area contributed by atoms with Gasteiger partial charge in [-0.3, -0.25) is 4.90 Å². The van der Waals surface area contributed by atoms with Crippen molar-refractivity contribution in [3.05, 3.63) is 35.4 Å². The molecule has 1 aromatic carbocycles. The molecule has 21 heavy (non-hydrogen) atoms. The van der Waals surface area contributed by atoms with Crippen molar-refractivity contribution in [2.24, 2.45) is 0 Å². The molecule has 2 aliphatic heterocycles. The van der Waals surface area contributed by atoms with Crippen molar-refractivity contribution in [2.75, 3.05) is 26.2 Å². The van der Waals surface area contributed by atoms with E-state index in [1.807, 2.05) is 0 Å². The molecule has 6 heteroatoms. The highest BCUT2D eigenvalue weighted by molar-refractivity contribution is 5.70. The minimum atomic E-state index is -0.879. The maximum atomic E-state index is 13.6. The number of benzene rings is 1. The van der Waals surface area contributed by atoms with Crippen LogP contribution in [0.25, 0.3) is 0 Å². The maximum Gasteiger partial charge on any atom is 0.410 e. The van der Waals surface area contributed by atoms with E-state index in [0.29, 0.717) is 31.6 Å². The zero-order valence-corrected chi connectivity index (χ0v) is 11.7. The lowest BCUT2D eigenvalue weighted by molar-refractivity contribution is 0.00328. The molecule has 114 valence electrons. The van der Waals surface area contributed by atoms with Gasteiger partial charge in [0.2, 0.25) is 0 Å². The molecule has 0 bridgehead atoms. The molecule has 2 fully saturated rings. The molecule has 0 unspecified atom stereocenters. The van der Waals surface area contributed by atoms with Gasteiger partial charge in [-0.15, -0.1) is 0 Å². The van der Waals surface area contributed by atoms with Crippen LogP contribution in [0, 0.1) is 11.6 Å². The van der Waals surface area contributed by atoms with E-state index in [1.165, 1.54) is 6.07 Å². The second-order valence-corrected chi connectivity index (χ2v) is 5.53. The SMILES string of the molecule is O=C1OCCCN1C1(c2ccc(F)c(F)c2)CCNCC1. The van der Waals surface area contributed by atoms with E-state index >= 15 is 0 Å². The Morgan fingerprint density at radius 2 is 1.95 bits per heavy atom. The van der Waals surface area contributed by atoms with Gasteiger partial charge in [-0.05, 0) is 50.0 Å². The van der Waals surface area contributed by atoms with Gasteiger partial charge < -0.3 is 10.1 Å². The van der Waals surface area contributed by atoms with Crippen LogP contribution in [0.1, 0.15) is 24.8 Å². The first-order valence-electron chi connectivity index (χ1n) is 7.24. The molecule has 0 radical (unpaired) electrons. The number of ether oxygens (including phenoxy) is 1. The first-order valence-corrected chi connectivity index (χ1v) is 7.24. The minimum absolute atomic E-state index is 0.368. The second kappa shape index (κ2) is 5.60. The summed E-state index contributed by atoms with van der Waals surface area (Å²) in [6, 6.07) is 3.91. The standard InChI is InChI=1S/C15H18F2N2O2/c16-12-3-2-11(10-13(12)17)15(4-6-18-7-5-15)19-8-1-9-21-14(19)20/h2-3,10,18H,1,4-9H2. The lowest BCUT2D eigenvalue weighted by Crippen LogP contribution is -2.56. The highest BCUT2D eigenvalue weighted by Gasteiger charge is 2.44. The predicted octanol–water partition coefficient (Wildman–Crippen LogP) is 2.39. The number of cyclic esters (lactones) is 1. The number of piperidine rings is 1. The molecule has 2 aliphatic rings. The van der Waals surface area contributed by atoms with E-state index in [1.54, 1.807) is 11.0 Å². The lowest BCUT2D eigenvalue weighted by Gasteiger charge is -2.47. The van der Waals surface area contributed by atoms with Gasteiger partial charge in [-0.2, -0.15) is 0 Å². The number of amides is 1. The molecule has 1 N–H and O–H groups in total. The van der Waals surface area contributed by atoms with E-state index in [0.717, 1.165) is 25.6 Å². The zero-order chi connectivity index (χ0) is 14.9. The Morgan fingerprint density at radius 1 is 1.19 bits per heavy atom. The highest BCUT2D eigenvalue weighted by atomic mass is 19.2. The molecule has 2 saturated heterocycles. The van der Waals surface area contributed by atoms with E-state index < -0.39 is 17.2 Å². The van der Waals surface area contributed by atoms with Crippen molar-refractivity contribution >= 4 is 6.09 Å². The molecular formula is C15H18F2N2O2. The maximum absolute atomic E-state index is 13.6. The molecule has 0 aliphatic carbocycles. The molecule has 2 heterocycles. The van der Waals surface area contributed by atoms with Gasteiger partial charge >= 0.3 is 6.09 Å². The van der Waals surface area contributed by atoms with Crippen LogP contribution in [-0.2, 0) is 10.3 Å². The smallest absolute Gasteiger partial charge is 0.410 e. The summed E-state index contributed by atoms with van der Waals surface area (Å²) in [7, 11) is 0.